The second-order valence-electron chi connectivity index (χ2n) is 4.46. The van der Waals surface area contributed by atoms with Crippen LogP contribution in [0.3, 0.4) is 0 Å². The summed E-state index contributed by atoms with van der Waals surface area (Å²) in [5.41, 5.74) is 0.936. The maximum atomic E-state index is 12.0. The van der Waals surface area contributed by atoms with E-state index in [0.717, 1.165) is 17.6 Å². The molecule has 0 bridgehead atoms. The third-order valence-electron chi connectivity index (χ3n) is 2.76. The molecule has 0 aliphatic heterocycles. The number of hydrogen-bond acceptors (Lipinski definition) is 5. The summed E-state index contributed by atoms with van der Waals surface area (Å²) >= 11 is -1.74. The van der Waals surface area contributed by atoms with Crippen molar-refractivity contribution in [2.24, 2.45) is 0 Å². The normalized spacial score (nSPS) is 12.8. The van der Waals surface area contributed by atoms with E-state index in [4.69, 9.17) is 4.28 Å². The highest BCUT2D eigenvalue weighted by atomic mass is 32.2. The average Bonchev–Trinajstić information content (AvgIpc) is 2.39. The Hall–Kier alpha value is -1.63. The van der Waals surface area contributed by atoms with Gasteiger partial charge in [-0.05, 0) is 19.1 Å². The van der Waals surface area contributed by atoms with Crippen LogP contribution in [0.15, 0.2) is 35.2 Å². The summed E-state index contributed by atoms with van der Waals surface area (Å²) in [7, 11) is 3.28. The molecule has 108 valence electrons. The van der Waals surface area contributed by atoms with Gasteiger partial charge in [-0.25, -0.2) is 4.21 Å². The predicted octanol–water partition coefficient (Wildman–Crippen LogP) is 2.49. The van der Waals surface area contributed by atoms with Crippen LogP contribution in [0, 0.1) is 0 Å². The van der Waals surface area contributed by atoms with Crippen molar-refractivity contribution in [3.05, 3.63) is 30.3 Å². The van der Waals surface area contributed by atoms with E-state index in [2.05, 4.69) is 5.32 Å². The van der Waals surface area contributed by atoms with Gasteiger partial charge in [0.05, 0.1) is 0 Å². The molecule has 2 rings (SSSR count). The Kier molecular flexibility index (Phi) is 4.59. The first-order valence-corrected chi connectivity index (χ1v) is 7.38. The van der Waals surface area contributed by atoms with Gasteiger partial charge in [-0.2, -0.15) is 9.35 Å². The van der Waals surface area contributed by atoms with Gasteiger partial charge in [0, 0.05) is 37.1 Å². The second-order valence-corrected chi connectivity index (χ2v) is 5.52. The van der Waals surface area contributed by atoms with Gasteiger partial charge in [-0.15, -0.1) is 0 Å². The van der Waals surface area contributed by atoms with E-state index in [0.29, 0.717) is 5.39 Å². The molecule has 0 spiro atoms. The minimum absolute atomic E-state index is 0.0116. The number of nitrogens with zero attached hydrogens (tertiary/aromatic N) is 1. The number of anilines is 1. The van der Waals surface area contributed by atoms with Gasteiger partial charge in [0.1, 0.15) is 10.6 Å². The van der Waals surface area contributed by atoms with Crippen molar-refractivity contribution in [1.29, 1.82) is 0 Å². The molecule has 1 atom stereocenters. The molecule has 1 unspecified atom stereocenters. The van der Waals surface area contributed by atoms with Crippen molar-refractivity contribution < 1.29 is 13.6 Å². The van der Waals surface area contributed by atoms with E-state index < -0.39 is 11.1 Å². The highest BCUT2D eigenvalue weighted by molar-refractivity contribution is 7.80. The second kappa shape index (κ2) is 6.21. The van der Waals surface area contributed by atoms with Crippen LogP contribution in [-0.2, 0) is 15.4 Å². The van der Waals surface area contributed by atoms with Crippen molar-refractivity contribution in [2.75, 3.05) is 26.0 Å². The third-order valence-corrected chi connectivity index (χ3v) is 3.88. The van der Waals surface area contributed by atoms with E-state index in [-0.39, 0.29) is 10.6 Å². The van der Waals surface area contributed by atoms with Gasteiger partial charge >= 0.3 is 0 Å². The highest BCUT2D eigenvalue weighted by Gasteiger charge is 2.15. The molecule has 2 aromatic rings. The maximum Gasteiger partial charge on any atom is 0.210 e. The lowest BCUT2D eigenvalue weighted by Gasteiger charge is -2.13. The Balaban J connectivity index is 2.51. The zero-order valence-electron chi connectivity index (χ0n) is 11.7. The molecule has 0 heterocycles. The minimum Gasteiger partial charge on any atom is -0.506 e. The Bertz CT molecular complexity index is 644. The lowest BCUT2D eigenvalue weighted by atomic mass is 10.1. The summed E-state index contributed by atoms with van der Waals surface area (Å²) in [6.07, 6.45) is 0. The van der Waals surface area contributed by atoms with Crippen LogP contribution in [0.25, 0.3) is 10.8 Å². The molecule has 0 aromatic heterocycles. The molecule has 5 nitrogen and oxygen atoms in total. The molecule has 0 saturated heterocycles. The number of benzene rings is 2. The number of phenols is 1. The number of hydrogen-bond donors (Lipinski definition) is 2. The summed E-state index contributed by atoms with van der Waals surface area (Å²) in [4.78, 5) is 0.264. The molecule has 0 fully saturated rings. The molecule has 0 saturated carbocycles. The van der Waals surface area contributed by atoms with E-state index in [1.807, 2.05) is 25.1 Å². The Morgan fingerprint density at radius 2 is 2.00 bits per heavy atom. The monoisotopic (exact) mass is 294 g/mol. The molecule has 2 aromatic carbocycles. The maximum absolute atomic E-state index is 12.0. The highest BCUT2D eigenvalue weighted by Crippen LogP contribution is 2.34. The smallest absolute Gasteiger partial charge is 0.210 e. The fraction of sp³-hybridized carbons (Fsp3) is 0.286. The van der Waals surface area contributed by atoms with Crippen LogP contribution >= 0.6 is 0 Å². The summed E-state index contributed by atoms with van der Waals surface area (Å²) in [6.45, 7) is 2.80. The van der Waals surface area contributed by atoms with Gasteiger partial charge in [-0.1, -0.05) is 18.2 Å². The molecule has 0 amide bonds. The van der Waals surface area contributed by atoms with Crippen molar-refractivity contribution in [1.82, 2.24) is 5.06 Å². The average molecular weight is 294 g/mol. The van der Waals surface area contributed by atoms with Gasteiger partial charge < -0.3 is 10.4 Å². The number of nitrogens with one attached hydrogen (secondary N) is 1. The van der Waals surface area contributed by atoms with Gasteiger partial charge in [0.2, 0.25) is 11.1 Å². The first-order valence-electron chi connectivity index (χ1n) is 6.30. The third kappa shape index (κ3) is 2.92. The standard InChI is InChI=1S/C14H18N2O3S/c1-4-15-12-7-5-6-11-10(12)8-9-13(14(11)17)20(18)19-16(2)3/h5-9,15,17H,4H2,1-3H3. The van der Waals surface area contributed by atoms with Gasteiger partial charge in [0.25, 0.3) is 0 Å². The SMILES string of the molecule is CCNc1cccc2c(O)c(S(=O)ON(C)C)ccc12. The summed E-state index contributed by atoms with van der Waals surface area (Å²) in [5, 5.41) is 16.4. The summed E-state index contributed by atoms with van der Waals surface area (Å²) in [5.74, 6) is -0.0116. The van der Waals surface area contributed by atoms with Crippen molar-refractivity contribution >= 4 is 27.5 Å². The van der Waals surface area contributed by atoms with Crippen LogP contribution in [0.4, 0.5) is 5.69 Å². The molecular formula is C14H18N2O3S. The number of aromatic hydroxyl groups is 1. The van der Waals surface area contributed by atoms with Crippen LogP contribution in [0.1, 0.15) is 6.92 Å². The Labute approximate surface area is 120 Å². The molecular weight excluding hydrogens is 276 g/mol. The van der Waals surface area contributed by atoms with Crippen molar-refractivity contribution in [3.8, 4) is 5.75 Å². The number of rotatable bonds is 5. The van der Waals surface area contributed by atoms with Crippen LogP contribution in [0.2, 0.25) is 0 Å². The number of phenolic OH excluding ortho intramolecular Hbond substituents is 1. The van der Waals surface area contributed by atoms with Gasteiger partial charge in [-0.3, -0.25) is 0 Å². The number of fused-ring (bicyclic) bond motifs is 1. The van der Waals surface area contributed by atoms with Crippen molar-refractivity contribution in [2.45, 2.75) is 11.8 Å². The lowest BCUT2D eigenvalue weighted by molar-refractivity contribution is 0.0136. The summed E-state index contributed by atoms with van der Waals surface area (Å²) in [6, 6.07) is 9.04. The molecule has 2 N–H and O–H groups in total. The number of hydroxylamine groups is 2. The predicted molar refractivity (Wildman–Crippen MR) is 81.0 cm³/mol. The quantitative estimate of drug-likeness (QED) is 0.830. The van der Waals surface area contributed by atoms with Crippen LogP contribution in [-0.4, -0.2) is 35.0 Å². The Morgan fingerprint density at radius 1 is 1.25 bits per heavy atom. The van der Waals surface area contributed by atoms with E-state index in [9.17, 15) is 9.32 Å². The molecule has 0 aliphatic carbocycles. The molecule has 20 heavy (non-hydrogen) atoms. The van der Waals surface area contributed by atoms with Crippen LogP contribution < -0.4 is 5.32 Å². The largest absolute Gasteiger partial charge is 0.506 e. The van der Waals surface area contributed by atoms with E-state index in [1.54, 1.807) is 26.2 Å². The first-order chi connectivity index (χ1) is 9.54. The molecule has 6 heteroatoms. The van der Waals surface area contributed by atoms with Gasteiger partial charge in [0.15, 0.2) is 0 Å². The van der Waals surface area contributed by atoms with E-state index in [1.165, 1.54) is 5.06 Å². The lowest BCUT2D eigenvalue weighted by Crippen LogP contribution is -2.14. The molecule has 0 radical (unpaired) electrons. The zero-order valence-corrected chi connectivity index (χ0v) is 12.5. The summed E-state index contributed by atoms with van der Waals surface area (Å²) < 4.78 is 17.1. The fourth-order valence-corrected chi connectivity index (χ4v) is 2.77. The zero-order chi connectivity index (χ0) is 14.7. The van der Waals surface area contributed by atoms with E-state index >= 15 is 0 Å². The Morgan fingerprint density at radius 3 is 2.65 bits per heavy atom. The van der Waals surface area contributed by atoms with Crippen molar-refractivity contribution in [3.63, 3.8) is 0 Å². The topological polar surface area (TPSA) is 61.8 Å². The van der Waals surface area contributed by atoms with Crippen LogP contribution in [0.5, 0.6) is 5.75 Å². The minimum atomic E-state index is -1.74. The molecule has 0 aliphatic rings. The fourth-order valence-electron chi connectivity index (χ4n) is 1.98. The first kappa shape index (κ1) is 14.8.